The maximum atomic E-state index is 12.0. The highest BCUT2D eigenvalue weighted by Gasteiger charge is 2.29. The molecular weight excluding hydrogens is 232 g/mol. The molecule has 18 heavy (non-hydrogen) atoms. The zero-order valence-electron chi connectivity index (χ0n) is 10.9. The molecule has 0 spiro atoms. The highest BCUT2D eigenvalue weighted by molar-refractivity contribution is 5.90. The summed E-state index contributed by atoms with van der Waals surface area (Å²) in [6, 6.07) is -0.300. The van der Waals surface area contributed by atoms with Crippen LogP contribution in [-0.4, -0.2) is 74.0 Å². The molecule has 0 bridgehead atoms. The fourth-order valence-corrected chi connectivity index (χ4v) is 2.40. The number of carbonyl (C=O) groups is 2. The van der Waals surface area contributed by atoms with E-state index < -0.39 is 0 Å². The summed E-state index contributed by atoms with van der Waals surface area (Å²) < 4.78 is 0. The van der Waals surface area contributed by atoms with Gasteiger partial charge in [-0.05, 0) is 6.42 Å². The van der Waals surface area contributed by atoms with E-state index in [1.54, 1.807) is 4.90 Å². The minimum absolute atomic E-state index is 0.0103. The van der Waals surface area contributed by atoms with Gasteiger partial charge in [-0.15, -0.1) is 0 Å². The van der Waals surface area contributed by atoms with Gasteiger partial charge in [0.15, 0.2) is 0 Å². The Morgan fingerprint density at radius 3 is 2.78 bits per heavy atom. The first kappa shape index (κ1) is 13.3. The number of nitrogens with zero attached hydrogens (tertiary/aromatic N) is 2. The summed E-state index contributed by atoms with van der Waals surface area (Å²) >= 11 is 0. The van der Waals surface area contributed by atoms with Crippen LogP contribution < -0.4 is 10.6 Å². The van der Waals surface area contributed by atoms with Crippen LogP contribution in [0.15, 0.2) is 0 Å². The lowest BCUT2D eigenvalue weighted by Gasteiger charge is -2.29. The summed E-state index contributed by atoms with van der Waals surface area (Å²) in [5, 5.41) is 6.02. The average Bonchev–Trinajstić information content (AvgIpc) is 2.83. The Kier molecular flexibility index (Phi) is 4.54. The Morgan fingerprint density at radius 2 is 2.17 bits per heavy atom. The minimum Gasteiger partial charge on any atom is -0.344 e. The van der Waals surface area contributed by atoms with Crippen LogP contribution in [0.25, 0.3) is 0 Å². The lowest BCUT2D eigenvalue weighted by Crippen LogP contribution is -2.48. The Balaban J connectivity index is 1.71. The molecule has 0 saturated carbocycles. The quantitative estimate of drug-likeness (QED) is 0.649. The number of hydrogen-bond acceptors (Lipinski definition) is 4. The largest absolute Gasteiger partial charge is 0.344 e. The Hall–Kier alpha value is -1.14. The molecule has 6 heteroatoms. The van der Waals surface area contributed by atoms with Gasteiger partial charge in [0, 0.05) is 52.7 Å². The Morgan fingerprint density at radius 1 is 1.44 bits per heavy atom. The summed E-state index contributed by atoms with van der Waals surface area (Å²) in [4.78, 5) is 27.2. The molecule has 2 N–H and O–H groups in total. The zero-order valence-corrected chi connectivity index (χ0v) is 10.9. The maximum absolute atomic E-state index is 12.0. The average molecular weight is 254 g/mol. The lowest BCUT2D eigenvalue weighted by atomic mass is 10.2. The van der Waals surface area contributed by atoms with Gasteiger partial charge >= 0.3 is 0 Å². The van der Waals surface area contributed by atoms with Crippen LogP contribution in [0.3, 0.4) is 0 Å². The van der Waals surface area contributed by atoms with Gasteiger partial charge in [0.25, 0.3) is 0 Å². The van der Waals surface area contributed by atoms with E-state index in [-0.39, 0.29) is 17.9 Å². The number of amides is 2. The number of piperazine rings is 1. The molecular formula is C12H22N4O2. The smallest absolute Gasteiger partial charge is 0.244 e. The van der Waals surface area contributed by atoms with Crippen LogP contribution in [0.4, 0.5) is 0 Å². The van der Waals surface area contributed by atoms with Crippen LogP contribution in [0.5, 0.6) is 0 Å². The van der Waals surface area contributed by atoms with Gasteiger partial charge in [0.05, 0.1) is 0 Å². The normalized spacial score (nSPS) is 24.9. The second-order valence-electron chi connectivity index (χ2n) is 5.01. The van der Waals surface area contributed by atoms with Crippen LogP contribution in [0.2, 0.25) is 0 Å². The van der Waals surface area contributed by atoms with Gasteiger partial charge < -0.3 is 15.5 Å². The first-order valence-corrected chi connectivity index (χ1v) is 6.64. The van der Waals surface area contributed by atoms with Crippen molar-refractivity contribution in [2.45, 2.75) is 18.9 Å². The highest BCUT2D eigenvalue weighted by atomic mass is 16.2. The predicted octanol–water partition coefficient (Wildman–Crippen LogP) is -1.37. The fourth-order valence-electron chi connectivity index (χ4n) is 2.40. The predicted molar refractivity (Wildman–Crippen MR) is 68.1 cm³/mol. The van der Waals surface area contributed by atoms with Crippen molar-refractivity contribution in [3.63, 3.8) is 0 Å². The first-order chi connectivity index (χ1) is 8.66. The van der Waals surface area contributed by atoms with Crippen LogP contribution >= 0.6 is 0 Å². The molecule has 0 aromatic rings. The molecule has 102 valence electrons. The molecule has 2 aliphatic heterocycles. The molecule has 0 radical (unpaired) electrons. The van der Waals surface area contributed by atoms with Gasteiger partial charge in [0.2, 0.25) is 11.8 Å². The summed E-state index contributed by atoms with van der Waals surface area (Å²) in [6.45, 7) is 5.77. The van der Waals surface area contributed by atoms with Gasteiger partial charge in [-0.2, -0.15) is 0 Å². The number of hydrogen-bond donors (Lipinski definition) is 2. The van der Waals surface area contributed by atoms with E-state index >= 15 is 0 Å². The minimum atomic E-state index is -0.300. The second kappa shape index (κ2) is 6.15. The van der Waals surface area contributed by atoms with E-state index in [2.05, 4.69) is 15.5 Å². The molecule has 0 unspecified atom stereocenters. The number of nitrogens with one attached hydrogen (secondary N) is 2. The molecule has 0 aliphatic carbocycles. The van der Waals surface area contributed by atoms with Crippen LogP contribution in [0, 0.1) is 0 Å². The molecule has 0 aromatic heterocycles. The van der Waals surface area contributed by atoms with Crippen LogP contribution in [0.1, 0.15) is 12.8 Å². The zero-order chi connectivity index (χ0) is 13.0. The Labute approximate surface area is 108 Å². The highest BCUT2D eigenvalue weighted by Crippen LogP contribution is 2.09. The molecule has 2 heterocycles. The third-order valence-electron chi connectivity index (χ3n) is 3.63. The van der Waals surface area contributed by atoms with E-state index in [0.717, 1.165) is 39.3 Å². The Bertz CT molecular complexity index is 315. The lowest BCUT2D eigenvalue weighted by molar-refractivity contribution is -0.133. The standard InChI is InChI=1S/C12H22N4O2/c1-15(8-9-16-6-4-13-5-7-16)12(18)10-2-3-11(17)14-10/h10,13H,2-9H2,1H3,(H,14,17)/t10-/m1/s1. The van der Waals surface area contributed by atoms with Crippen molar-refractivity contribution in [3.05, 3.63) is 0 Å². The van der Waals surface area contributed by atoms with Gasteiger partial charge in [0.1, 0.15) is 6.04 Å². The molecule has 2 saturated heterocycles. The van der Waals surface area contributed by atoms with E-state index in [4.69, 9.17) is 0 Å². The summed E-state index contributed by atoms with van der Waals surface area (Å²) in [6.07, 6.45) is 1.11. The third kappa shape index (κ3) is 3.43. The van der Waals surface area contributed by atoms with Crippen LogP contribution in [-0.2, 0) is 9.59 Å². The second-order valence-corrected chi connectivity index (χ2v) is 5.01. The van der Waals surface area contributed by atoms with Gasteiger partial charge in [-0.25, -0.2) is 0 Å². The topological polar surface area (TPSA) is 64.7 Å². The molecule has 2 aliphatic rings. The number of carbonyl (C=O) groups excluding carboxylic acids is 2. The van der Waals surface area contributed by atoms with Gasteiger partial charge in [-0.1, -0.05) is 0 Å². The van der Waals surface area contributed by atoms with Crippen molar-refractivity contribution in [3.8, 4) is 0 Å². The first-order valence-electron chi connectivity index (χ1n) is 6.64. The molecule has 2 fully saturated rings. The van der Waals surface area contributed by atoms with Crippen molar-refractivity contribution in [1.82, 2.24) is 20.4 Å². The molecule has 1 atom stereocenters. The van der Waals surface area contributed by atoms with E-state index in [1.807, 2.05) is 7.05 Å². The van der Waals surface area contributed by atoms with Crippen molar-refractivity contribution in [2.24, 2.45) is 0 Å². The van der Waals surface area contributed by atoms with Crippen molar-refractivity contribution < 1.29 is 9.59 Å². The maximum Gasteiger partial charge on any atom is 0.244 e. The fraction of sp³-hybridized carbons (Fsp3) is 0.833. The molecule has 0 aromatic carbocycles. The monoisotopic (exact) mass is 254 g/mol. The van der Waals surface area contributed by atoms with Crippen molar-refractivity contribution >= 4 is 11.8 Å². The van der Waals surface area contributed by atoms with E-state index in [0.29, 0.717) is 12.8 Å². The number of rotatable bonds is 4. The molecule has 6 nitrogen and oxygen atoms in total. The summed E-state index contributed by atoms with van der Waals surface area (Å²) in [5.74, 6) is 0.0276. The summed E-state index contributed by atoms with van der Waals surface area (Å²) in [7, 11) is 1.81. The molecule has 2 rings (SSSR count). The number of likely N-dealkylation sites (N-methyl/N-ethyl adjacent to an activating group) is 1. The molecule has 2 amide bonds. The van der Waals surface area contributed by atoms with Crippen molar-refractivity contribution in [1.29, 1.82) is 0 Å². The van der Waals surface area contributed by atoms with E-state index in [9.17, 15) is 9.59 Å². The summed E-state index contributed by atoms with van der Waals surface area (Å²) in [5.41, 5.74) is 0. The van der Waals surface area contributed by atoms with Gasteiger partial charge in [-0.3, -0.25) is 14.5 Å². The van der Waals surface area contributed by atoms with Crippen molar-refractivity contribution in [2.75, 3.05) is 46.3 Å². The van der Waals surface area contributed by atoms with E-state index in [1.165, 1.54) is 0 Å². The third-order valence-corrected chi connectivity index (χ3v) is 3.63. The SMILES string of the molecule is CN(CCN1CCNCC1)C(=O)[C@H]1CCC(=O)N1.